The third kappa shape index (κ3) is 2.78. The van der Waals surface area contributed by atoms with E-state index in [0.29, 0.717) is 19.8 Å². The van der Waals surface area contributed by atoms with Gasteiger partial charge < -0.3 is 5.32 Å². The van der Waals surface area contributed by atoms with Gasteiger partial charge >= 0.3 is 0 Å². The van der Waals surface area contributed by atoms with Crippen LogP contribution in [0.1, 0.15) is 15.4 Å². The minimum Gasteiger partial charge on any atom is -0.320 e. The van der Waals surface area contributed by atoms with E-state index in [-0.39, 0.29) is 11.7 Å². The number of carbonyl (C=O) groups is 1. The van der Waals surface area contributed by atoms with Crippen LogP contribution in [0.5, 0.6) is 0 Å². The molecule has 4 nitrogen and oxygen atoms in total. The zero-order valence-corrected chi connectivity index (χ0v) is 11.7. The fourth-order valence-electron chi connectivity index (χ4n) is 1.21. The number of halogens is 2. The number of hydrogen-bond acceptors (Lipinski definition) is 4. The van der Waals surface area contributed by atoms with E-state index in [0.717, 1.165) is 11.5 Å². The molecular formula is C10H7FIN3OS. The van der Waals surface area contributed by atoms with E-state index in [4.69, 9.17) is 0 Å². The van der Waals surface area contributed by atoms with Crippen molar-refractivity contribution >= 4 is 45.7 Å². The molecule has 0 aliphatic heterocycles. The Labute approximate surface area is 115 Å². The third-order valence-electron chi connectivity index (χ3n) is 2.04. The molecule has 1 amide bonds. The van der Waals surface area contributed by atoms with Crippen LogP contribution in [0, 0.1) is 16.3 Å². The summed E-state index contributed by atoms with van der Waals surface area (Å²) in [5.41, 5.74) is 1.16. The first-order valence-electron chi connectivity index (χ1n) is 4.63. The Bertz CT molecular complexity index is 572. The number of nitrogens with one attached hydrogen (secondary N) is 1. The van der Waals surface area contributed by atoms with Crippen molar-refractivity contribution in [2.75, 3.05) is 5.32 Å². The van der Waals surface area contributed by atoms with Crippen molar-refractivity contribution in [1.29, 1.82) is 0 Å². The Morgan fingerprint density at radius 2 is 2.29 bits per heavy atom. The molecule has 0 radical (unpaired) electrons. The fourth-order valence-corrected chi connectivity index (χ4v) is 2.37. The van der Waals surface area contributed by atoms with Crippen molar-refractivity contribution in [3.63, 3.8) is 0 Å². The van der Waals surface area contributed by atoms with E-state index in [1.165, 1.54) is 18.2 Å². The molecule has 1 aromatic carbocycles. The Morgan fingerprint density at radius 1 is 1.53 bits per heavy atom. The Balaban J connectivity index is 2.22. The molecule has 0 saturated carbocycles. The van der Waals surface area contributed by atoms with Gasteiger partial charge in [-0.1, -0.05) is 4.49 Å². The van der Waals surface area contributed by atoms with Gasteiger partial charge in [-0.25, -0.2) is 4.39 Å². The summed E-state index contributed by atoms with van der Waals surface area (Å²) in [6.45, 7) is 1.72. The number of anilines is 1. The van der Waals surface area contributed by atoms with Crippen molar-refractivity contribution in [3.8, 4) is 0 Å². The van der Waals surface area contributed by atoms with Gasteiger partial charge in [-0.15, -0.1) is 5.10 Å². The summed E-state index contributed by atoms with van der Waals surface area (Å²) in [5.74, 6) is -0.606. The van der Waals surface area contributed by atoms with Crippen LogP contribution < -0.4 is 5.32 Å². The number of hydrogen-bond donors (Lipinski definition) is 1. The van der Waals surface area contributed by atoms with Gasteiger partial charge in [0.2, 0.25) is 0 Å². The molecule has 17 heavy (non-hydrogen) atoms. The molecular weight excluding hydrogens is 356 g/mol. The van der Waals surface area contributed by atoms with Crippen molar-refractivity contribution in [2.45, 2.75) is 6.92 Å². The quantitative estimate of drug-likeness (QED) is 0.835. The van der Waals surface area contributed by atoms with Gasteiger partial charge in [-0.05, 0) is 59.2 Å². The lowest BCUT2D eigenvalue weighted by molar-refractivity contribution is 0.102. The predicted octanol–water partition coefficient (Wildman–Crippen LogP) is 2.84. The van der Waals surface area contributed by atoms with E-state index in [2.05, 4.69) is 14.9 Å². The summed E-state index contributed by atoms with van der Waals surface area (Å²) in [4.78, 5) is 12.3. The highest BCUT2D eigenvalue weighted by atomic mass is 127. The summed E-state index contributed by atoms with van der Waals surface area (Å²) in [6, 6.07) is 4.18. The first-order valence-corrected chi connectivity index (χ1v) is 6.48. The highest BCUT2D eigenvalue weighted by molar-refractivity contribution is 14.1. The zero-order valence-electron chi connectivity index (χ0n) is 8.70. The second-order valence-corrected chi connectivity index (χ2v) is 5.18. The highest BCUT2D eigenvalue weighted by Gasteiger charge is 2.14. The average molecular weight is 363 g/mol. The maximum Gasteiger partial charge on any atom is 0.269 e. The first-order chi connectivity index (χ1) is 8.08. The smallest absolute Gasteiger partial charge is 0.269 e. The molecule has 0 aliphatic carbocycles. The molecule has 0 bridgehead atoms. The van der Waals surface area contributed by atoms with Gasteiger partial charge in [-0.2, -0.15) is 0 Å². The minimum absolute atomic E-state index is 0.276. The molecule has 88 valence electrons. The number of amides is 1. The van der Waals surface area contributed by atoms with E-state index >= 15 is 0 Å². The Kier molecular flexibility index (Phi) is 3.67. The van der Waals surface area contributed by atoms with Gasteiger partial charge in [-0.3, -0.25) is 4.79 Å². The number of carbonyl (C=O) groups excluding carboxylic acids is 1. The van der Waals surface area contributed by atoms with Crippen molar-refractivity contribution in [1.82, 2.24) is 9.59 Å². The monoisotopic (exact) mass is 363 g/mol. The van der Waals surface area contributed by atoms with Crippen molar-refractivity contribution in [3.05, 3.63) is 38.2 Å². The maximum atomic E-state index is 12.9. The lowest BCUT2D eigenvalue weighted by Crippen LogP contribution is -2.12. The lowest BCUT2D eigenvalue weighted by Gasteiger charge is -2.05. The Hall–Kier alpha value is -1.09. The molecule has 1 aromatic heterocycles. The molecule has 0 atom stereocenters. The molecule has 1 heterocycles. The first kappa shape index (κ1) is 12.4. The van der Waals surface area contributed by atoms with Gasteiger partial charge in [0.15, 0.2) is 0 Å². The standard InChI is InChI=1S/C10H7FIN3OS/c1-5-9(17-15-14-5)10(16)13-8-3-2-6(11)4-7(8)12/h2-4H,1H3,(H,13,16). The molecule has 2 rings (SSSR count). The number of nitrogens with zero attached hydrogens (tertiary/aromatic N) is 2. The van der Waals surface area contributed by atoms with Gasteiger partial charge in [0.25, 0.3) is 5.91 Å². The van der Waals surface area contributed by atoms with Crippen LogP contribution in [0.3, 0.4) is 0 Å². The number of benzene rings is 1. The van der Waals surface area contributed by atoms with E-state index < -0.39 is 0 Å². The summed E-state index contributed by atoms with van der Waals surface area (Å²) in [7, 11) is 0. The molecule has 0 saturated heterocycles. The summed E-state index contributed by atoms with van der Waals surface area (Å²) in [6.07, 6.45) is 0. The van der Waals surface area contributed by atoms with Crippen LogP contribution >= 0.6 is 34.1 Å². The molecule has 0 spiro atoms. The number of aromatic nitrogens is 2. The van der Waals surface area contributed by atoms with Gasteiger partial charge in [0.05, 0.1) is 11.4 Å². The van der Waals surface area contributed by atoms with Crippen LogP contribution in [0.2, 0.25) is 0 Å². The number of rotatable bonds is 2. The van der Waals surface area contributed by atoms with Gasteiger partial charge in [0.1, 0.15) is 10.7 Å². The fraction of sp³-hybridized carbons (Fsp3) is 0.100. The van der Waals surface area contributed by atoms with E-state index in [1.807, 2.05) is 22.6 Å². The largest absolute Gasteiger partial charge is 0.320 e. The summed E-state index contributed by atoms with van der Waals surface area (Å²) in [5, 5.41) is 6.46. The second-order valence-electron chi connectivity index (χ2n) is 3.27. The Morgan fingerprint density at radius 3 is 2.88 bits per heavy atom. The normalized spacial score (nSPS) is 10.3. The van der Waals surface area contributed by atoms with Crippen LogP contribution in [0.25, 0.3) is 0 Å². The molecule has 2 aromatic rings. The molecule has 1 N–H and O–H groups in total. The van der Waals surface area contributed by atoms with Gasteiger partial charge in [0, 0.05) is 3.57 Å². The maximum absolute atomic E-state index is 12.9. The summed E-state index contributed by atoms with van der Waals surface area (Å²) >= 11 is 3.00. The highest BCUT2D eigenvalue weighted by Crippen LogP contribution is 2.20. The lowest BCUT2D eigenvalue weighted by atomic mass is 10.3. The SMILES string of the molecule is Cc1nnsc1C(=O)Nc1ccc(F)cc1I. The van der Waals surface area contributed by atoms with Crippen LogP contribution in [0.15, 0.2) is 18.2 Å². The molecule has 7 heteroatoms. The predicted molar refractivity (Wildman–Crippen MR) is 71.7 cm³/mol. The van der Waals surface area contributed by atoms with E-state index in [1.54, 1.807) is 6.92 Å². The second kappa shape index (κ2) is 5.05. The van der Waals surface area contributed by atoms with Crippen molar-refractivity contribution in [2.24, 2.45) is 0 Å². The van der Waals surface area contributed by atoms with E-state index in [9.17, 15) is 9.18 Å². The summed E-state index contributed by atoms with van der Waals surface area (Å²) < 4.78 is 17.2. The molecule has 0 aliphatic rings. The van der Waals surface area contributed by atoms with Crippen molar-refractivity contribution < 1.29 is 9.18 Å². The minimum atomic E-state index is -0.331. The van der Waals surface area contributed by atoms with Crippen LogP contribution in [0.4, 0.5) is 10.1 Å². The number of aryl methyl sites for hydroxylation is 1. The zero-order chi connectivity index (χ0) is 12.4. The molecule has 0 fully saturated rings. The third-order valence-corrected chi connectivity index (χ3v) is 3.76. The van der Waals surface area contributed by atoms with Crippen LogP contribution in [-0.2, 0) is 0 Å². The van der Waals surface area contributed by atoms with Crippen LogP contribution in [-0.4, -0.2) is 15.5 Å². The topological polar surface area (TPSA) is 54.9 Å². The average Bonchev–Trinajstić information content (AvgIpc) is 2.68. The molecule has 0 unspecified atom stereocenters.